The predicted octanol–water partition coefficient (Wildman–Crippen LogP) is 0.992. The Morgan fingerprint density at radius 2 is 2.32 bits per heavy atom. The summed E-state index contributed by atoms with van der Waals surface area (Å²) < 4.78 is 14.2. The summed E-state index contributed by atoms with van der Waals surface area (Å²) in [6.07, 6.45) is 2.04. The number of hydrogen-bond donors (Lipinski definition) is 2. The van der Waals surface area contributed by atoms with Gasteiger partial charge in [0.05, 0.1) is 6.54 Å². The minimum atomic E-state index is -0.306. The Hall–Kier alpha value is -1.46. The van der Waals surface area contributed by atoms with Crippen molar-refractivity contribution in [3.63, 3.8) is 0 Å². The fourth-order valence-electron chi connectivity index (χ4n) is 2.97. The van der Waals surface area contributed by atoms with Crippen LogP contribution in [0.2, 0.25) is 0 Å². The van der Waals surface area contributed by atoms with Crippen LogP contribution >= 0.6 is 0 Å². The van der Waals surface area contributed by atoms with Crippen molar-refractivity contribution >= 4 is 5.91 Å². The second kappa shape index (κ2) is 4.90. The first-order valence-electron chi connectivity index (χ1n) is 6.74. The molecule has 5 heteroatoms. The molecular formula is C14H18FN3O. The van der Waals surface area contributed by atoms with Crippen LogP contribution in [-0.2, 0) is 13.1 Å². The zero-order valence-corrected chi connectivity index (χ0v) is 10.8. The average Bonchev–Trinajstić information content (AvgIpc) is 2.79. The number of rotatable bonds is 2. The SMILES string of the molecule is NCc1ccc2c(c1F)CN(C1CCCNC1)C2=O. The second-order valence-corrected chi connectivity index (χ2v) is 5.20. The highest BCUT2D eigenvalue weighted by atomic mass is 19.1. The van der Waals surface area contributed by atoms with E-state index in [-0.39, 0.29) is 24.3 Å². The lowest BCUT2D eigenvalue weighted by molar-refractivity contribution is 0.0674. The molecule has 2 aliphatic rings. The van der Waals surface area contributed by atoms with Crippen LogP contribution in [0, 0.1) is 5.82 Å². The molecule has 1 aromatic rings. The topological polar surface area (TPSA) is 58.4 Å². The maximum absolute atomic E-state index is 14.2. The van der Waals surface area contributed by atoms with Gasteiger partial charge >= 0.3 is 0 Å². The van der Waals surface area contributed by atoms with E-state index in [1.807, 2.05) is 0 Å². The maximum atomic E-state index is 14.2. The molecule has 1 unspecified atom stereocenters. The van der Waals surface area contributed by atoms with Crippen molar-refractivity contribution in [1.29, 1.82) is 0 Å². The summed E-state index contributed by atoms with van der Waals surface area (Å²) in [5.41, 5.74) is 7.00. The molecule has 2 aliphatic heterocycles. The van der Waals surface area contributed by atoms with Gasteiger partial charge < -0.3 is 16.0 Å². The normalized spacial score (nSPS) is 22.7. The van der Waals surface area contributed by atoms with Crippen LogP contribution in [0.15, 0.2) is 12.1 Å². The van der Waals surface area contributed by atoms with Gasteiger partial charge in [-0.05, 0) is 25.5 Å². The molecule has 4 nitrogen and oxygen atoms in total. The quantitative estimate of drug-likeness (QED) is 0.836. The van der Waals surface area contributed by atoms with E-state index in [0.29, 0.717) is 23.2 Å². The lowest BCUT2D eigenvalue weighted by Gasteiger charge is -2.31. The molecule has 1 aromatic carbocycles. The minimum Gasteiger partial charge on any atom is -0.330 e. The van der Waals surface area contributed by atoms with Crippen molar-refractivity contribution in [2.24, 2.45) is 5.73 Å². The number of hydrogen-bond acceptors (Lipinski definition) is 3. The highest BCUT2D eigenvalue weighted by molar-refractivity contribution is 5.98. The van der Waals surface area contributed by atoms with Gasteiger partial charge in [0.25, 0.3) is 5.91 Å². The Morgan fingerprint density at radius 3 is 3.00 bits per heavy atom. The Bertz CT molecular complexity index is 512. The first-order valence-corrected chi connectivity index (χ1v) is 6.74. The zero-order valence-electron chi connectivity index (χ0n) is 10.8. The van der Waals surface area contributed by atoms with Gasteiger partial charge in [0.2, 0.25) is 0 Å². The van der Waals surface area contributed by atoms with Gasteiger partial charge in [-0.1, -0.05) is 6.07 Å². The molecule has 0 aliphatic carbocycles. The van der Waals surface area contributed by atoms with Crippen molar-refractivity contribution in [3.8, 4) is 0 Å². The molecule has 0 bridgehead atoms. The van der Waals surface area contributed by atoms with Crippen LogP contribution in [0.1, 0.15) is 34.3 Å². The number of amides is 1. The number of nitrogens with zero attached hydrogens (tertiary/aromatic N) is 1. The van der Waals surface area contributed by atoms with Crippen molar-refractivity contribution in [1.82, 2.24) is 10.2 Å². The molecule has 19 heavy (non-hydrogen) atoms. The maximum Gasteiger partial charge on any atom is 0.254 e. The van der Waals surface area contributed by atoms with E-state index >= 15 is 0 Å². The standard InChI is InChI=1S/C14H18FN3O/c15-13-9(6-16)3-4-11-12(13)8-18(14(11)19)10-2-1-5-17-7-10/h3-4,10,17H,1-2,5-8,16H2. The number of carbonyl (C=O) groups is 1. The number of nitrogens with two attached hydrogens (primary N) is 1. The third-order valence-electron chi connectivity index (χ3n) is 4.07. The zero-order chi connectivity index (χ0) is 13.4. The first-order chi connectivity index (χ1) is 9.22. The van der Waals surface area contributed by atoms with E-state index in [9.17, 15) is 9.18 Å². The first kappa shape index (κ1) is 12.6. The minimum absolute atomic E-state index is 0.0498. The molecule has 1 fully saturated rings. The van der Waals surface area contributed by atoms with Gasteiger partial charge in [-0.2, -0.15) is 0 Å². The fourth-order valence-corrected chi connectivity index (χ4v) is 2.97. The summed E-state index contributed by atoms with van der Waals surface area (Å²) in [6, 6.07) is 3.50. The van der Waals surface area contributed by atoms with Crippen LogP contribution in [0.5, 0.6) is 0 Å². The molecule has 0 radical (unpaired) electrons. The Kier molecular flexibility index (Phi) is 3.24. The predicted molar refractivity (Wildman–Crippen MR) is 70.1 cm³/mol. The van der Waals surface area contributed by atoms with Gasteiger partial charge in [-0.3, -0.25) is 4.79 Å². The van der Waals surface area contributed by atoms with Crippen molar-refractivity contribution in [3.05, 3.63) is 34.6 Å². The molecule has 3 N–H and O–H groups in total. The van der Waals surface area contributed by atoms with Crippen LogP contribution in [0.25, 0.3) is 0 Å². The lowest BCUT2D eigenvalue weighted by Crippen LogP contribution is -2.46. The van der Waals surface area contributed by atoms with Gasteiger partial charge in [-0.15, -0.1) is 0 Å². The average molecular weight is 263 g/mol. The molecule has 102 valence electrons. The third-order valence-corrected chi connectivity index (χ3v) is 4.07. The Morgan fingerprint density at radius 1 is 1.47 bits per heavy atom. The van der Waals surface area contributed by atoms with Crippen molar-refractivity contribution in [2.45, 2.75) is 32.0 Å². The van der Waals surface area contributed by atoms with Gasteiger partial charge in [0.15, 0.2) is 0 Å². The molecular weight excluding hydrogens is 245 g/mol. The van der Waals surface area contributed by atoms with Gasteiger partial charge in [0, 0.05) is 35.8 Å². The van der Waals surface area contributed by atoms with E-state index in [1.165, 1.54) is 0 Å². The smallest absolute Gasteiger partial charge is 0.254 e. The summed E-state index contributed by atoms with van der Waals surface area (Å²) >= 11 is 0. The molecule has 2 heterocycles. The van der Waals surface area contributed by atoms with E-state index in [1.54, 1.807) is 17.0 Å². The lowest BCUT2D eigenvalue weighted by atomic mass is 10.1. The van der Waals surface area contributed by atoms with Crippen molar-refractivity contribution < 1.29 is 9.18 Å². The second-order valence-electron chi connectivity index (χ2n) is 5.20. The molecule has 3 rings (SSSR count). The summed E-state index contributed by atoms with van der Waals surface area (Å²) in [5, 5.41) is 3.29. The van der Waals surface area contributed by atoms with Crippen LogP contribution in [0.3, 0.4) is 0 Å². The Balaban J connectivity index is 1.90. The molecule has 0 saturated carbocycles. The Labute approximate surface area is 111 Å². The van der Waals surface area contributed by atoms with Crippen LogP contribution in [-0.4, -0.2) is 29.9 Å². The van der Waals surface area contributed by atoms with Crippen molar-refractivity contribution in [2.75, 3.05) is 13.1 Å². The summed E-state index contributed by atoms with van der Waals surface area (Å²) in [4.78, 5) is 14.1. The summed E-state index contributed by atoms with van der Waals surface area (Å²) in [6.45, 7) is 2.33. The summed E-state index contributed by atoms with van der Waals surface area (Å²) in [5.74, 6) is -0.356. The molecule has 0 aromatic heterocycles. The highest BCUT2D eigenvalue weighted by Gasteiger charge is 2.35. The molecule has 1 saturated heterocycles. The molecule has 1 atom stereocenters. The third kappa shape index (κ3) is 2.03. The van der Waals surface area contributed by atoms with E-state index < -0.39 is 0 Å². The largest absolute Gasteiger partial charge is 0.330 e. The molecule has 0 spiro atoms. The highest BCUT2D eigenvalue weighted by Crippen LogP contribution is 2.30. The number of piperidine rings is 1. The number of benzene rings is 1. The number of fused-ring (bicyclic) bond motifs is 1. The van der Waals surface area contributed by atoms with Gasteiger partial charge in [0.1, 0.15) is 5.82 Å². The number of nitrogens with one attached hydrogen (secondary N) is 1. The van der Waals surface area contributed by atoms with E-state index in [4.69, 9.17) is 5.73 Å². The van der Waals surface area contributed by atoms with E-state index in [0.717, 1.165) is 25.9 Å². The van der Waals surface area contributed by atoms with Crippen LogP contribution < -0.4 is 11.1 Å². The number of halogens is 1. The number of carbonyl (C=O) groups excluding carboxylic acids is 1. The fraction of sp³-hybridized carbons (Fsp3) is 0.500. The van der Waals surface area contributed by atoms with Crippen LogP contribution in [0.4, 0.5) is 4.39 Å². The van der Waals surface area contributed by atoms with E-state index in [2.05, 4.69) is 5.32 Å². The molecule has 1 amide bonds. The monoisotopic (exact) mass is 263 g/mol. The van der Waals surface area contributed by atoms with Gasteiger partial charge in [-0.25, -0.2) is 4.39 Å². The summed E-state index contributed by atoms with van der Waals surface area (Å²) in [7, 11) is 0.